The number of thiophene rings is 4. The summed E-state index contributed by atoms with van der Waals surface area (Å²) in [6.07, 6.45) is 7.81. The van der Waals surface area contributed by atoms with E-state index in [4.69, 9.17) is 10.5 Å². The van der Waals surface area contributed by atoms with E-state index in [0.29, 0.717) is 0 Å². The Hall–Kier alpha value is -3.08. The molecule has 2 nitrogen and oxygen atoms in total. The molecule has 6 aromatic rings. The number of benzene rings is 2. The van der Waals surface area contributed by atoms with Crippen LogP contribution >= 0.6 is 68.9 Å². The van der Waals surface area contributed by atoms with Crippen LogP contribution in [0.5, 0.6) is 0 Å². The van der Waals surface area contributed by atoms with Gasteiger partial charge in [-0.1, -0.05) is 45.7 Å². The Labute approximate surface area is 322 Å². The lowest BCUT2D eigenvalue weighted by molar-refractivity contribution is 0.722. The predicted molar refractivity (Wildman–Crippen MR) is 225 cm³/mol. The fourth-order valence-electron chi connectivity index (χ4n) is 5.45. The number of unbranched alkanes of at least 4 members (excludes halogenated alkanes) is 2. The van der Waals surface area contributed by atoms with Gasteiger partial charge >= 0.3 is 0 Å². The summed E-state index contributed by atoms with van der Waals surface area (Å²) in [6.45, 7) is 10.4. The van der Waals surface area contributed by atoms with Gasteiger partial charge in [0.1, 0.15) is 10.8 Å². The van der Waals surface area contributed by atoms with Crippen LogP contribution in [0.3, 0.4) is 0 Å². The molecule has 4 heterocycles. The van der Waals surface area contributed by atoms with Crippen molar-refractivity contribution in [1.82, 2.24) is 0 Å². The summed E-state index contributed by atoms with van der Waals surface area (Å²) in [7, 11) is 0. The topological polar surface area (TPSA) is 47.6 Å². The number of hydrogen-bond donors (Lipinski definition) is 0. The van der Waals surface area contributed by atoms with Crippen LogP contribution in [0.15, 0.2) is 94.7 Å². The van der Waals surface area contributed by atoms with E-state index in [0.717, 1.165) is 26.8 Å². The molecule has 0 radical (unpaired) electrons. The van der Waals surface area contributed by atoms with Crippen molar-refractivity contribution in [2.24, 2.45) is 0 Å². The van der Waals surface area contributed by atoms with Gasteiger partial charge in [0.05, 0.1) is 0 Å². The first-order valence-corrected chi connectivity index (χ1v) is 22.1. The van der Waals surface area contributed by atoms with Gasteiger partial charge in [-0.2, -0.15) is 10.5 Å². The van der Waals surface area contributed by atoms with Crippen LogP contribution in [0.1, 0.15) is 79.7 Å². The van der Waals surface area contributed by atoms with Gasteiger partial charge in [-0.05, 0) is 164 Å². The molecule has 0 unspecified atom stereocenters. The minimum atomic E-state index is 0.834. The van der Waals surface area contributed by atoms with Crippen molar-refractivity contribution < 1.29 is 0 Å². The van der Waals surface area contributed by atoms with Crippen LogP contribution in [-0.4, -0.2) is 0 Å². The lowest BCUT2D eigenvalue weighted by Gasteiger charge is -2.03. The van der Waals surface area contributed by atoms with E-state index in [1.807, 2.05) is 65.3 Å². The van der Waals surface area contributed by atoms with Crippen molar-refractivity contribution in [3.63, 3.8) is 0 Å². The Morgan fingerprint density at radius 1 is 0.600 bits per heavy atom. The van der Waals surface area contributed by atoms with Crippen LogP contribution in [0.2, 0.25) is 0 Å². The molecule has 0 spiro atoms. The van der Waals surface area contributed by atoms with E-state index in [-0.39, 0.29) is 0 Å². The molecule has 50 heavy (non-hydrogen) atoms. The maximum absolute atomic E-state index is 8.85. The molecule has 7 rings (SSSR count). The fourth-order valence-corrected chi connectivity index (χ4v) is 10.8. The first-order valence-electron chi connectivity index (χ1n) is 17.2. The lowest BCUT2D eigenvalue weighted by Crippen LogP contribution is -1.80. The van der Waals surface area contributed by atoms with Crippen LogP contribution in [0, 0.1) is 35.2 Å². The quantitative estimate of drug-likeness (QED) is 0.0748. The first-order chi connectivity index (χ1) is 24.4. The van der Waals surface area contributed by atoms with Crippen molar-refractivity contribution in [1.29, 1.82) is 10.5 Å². The Kier molecular flexibility index (Phi) is 14.5. The van der Waals surface area contributed by atoms with E-state index in [9.17, 15) is 0 Å². The maximum atomic E-state index is 8.85. The van der Waals surface area contributed by atoms with Gasteiger partial charge in [0, 0.05) is 48.8 Å². The minimum absolute atomic E-state index is 0.834. The highest BCUT2D eigenvalue weighted by molar-refractivity contribution is 8.04. The number of aryl methyl sites for hydroxylation is 3. The Morgan fingerprint density at radius 3 is 1.58 bits per heavy atom. The molecule has 0 bridgehead atoms. The molecule has 0 atom stereocenters. The Balaban J connectivity index is 0.000000186. The molecule has 1 aliphatic rings. The average molecular weight is 767 g/mol. The summed E-state index contributed by atoms with van der Waals surface area (Å²) in [5.41, 5.74) is 4.79. The fraction of sp³-hybridized carbons (Fsp3) is 0.286. The summed E-state index contributed by atoms with van der Waals surface area (Å²) in [5.74, 6) is 0.834. The van der Waals surface area contributed by atoms with Gasteiger partial charge in [0.25, 0.3) is 0 Å². The second kappa shape index (κ2) is 19.0. The lowest BCUT2D eigenvalue weighted by atomic mass is 10.1. The number of rotatable bonds is 11. The summed E-state index contributed by atoms with van der Waals surface area (Å²) < 4.78 is 0. The maximum Gasteiger partial charge on any atom is 0.138 e. The molecular weight excluding hydrogens is 725 g/mol. The molecule has 8 heteroatoms. The largest absolute Gasteiger partial charge is 0.185 e. The molecular formula is C42H42N2S6. The smallest absolute Gasteiger partial charge is 0.138 e. The molecule has 2 aromatic carbocycles. The predicted octanol–water partition coefficient (Wildman–Crippen LogP) is 15.7. The zero-order valence-electron chi connectivity index (χ0n) is 29.2. The number of thioether (sulfide) groups is 2. The number of nitrogens with zero attached hydrogens (tertiary/aromatic N) is 2. The molecule has 256 valence electrons. The van der Waals surface area contributed by atoms with Crippen molar-refractivity contribution in [3.8, 4) is 51.2 Å². The SMILES string of the molecule is CC.CCCCCc1ccc(-c2ccc(-c3ccc(SC#N)c(C)c3)s2)s1.Cc1cc(-c2ccc(-c3ccc(C4CC4)s3)s2)ccc1SC#N. The number of hydrogen-bond acceptors (Lipinski definition) is 8. The third kappa shape index (κ3) is 10.0. The number of thiocyanates is 2. The minimum Gasteiger partial charge on any atom is -0.185 e. The molecule has 4 aromatic heterocycles. The van der Waals surface area contributed by atoms with Crippen molar-refractivity contribution in [3.05, 3.63) is 106 Å². The van der Waals surface area contributed by atoms with Crippen LogP contribution < -0.4 is 0 Å². The van der Waals surface area contributed by atoms with Gasteiger partial charge < -0.3 is 0 Å². The van der Waals surface area contributed by atoms with Crippen LogP contribution in [0.25, 0.3) is 40.4 Å². The monoisotopic (exact) mass is 766 g/mol. The molecule has 0 amide bonds. The van der Waals surface area contributed by atoms with E-state index >= 15 is 0 Å². The highest BCUT2D eigenvalue weighted by Crippen LogP contribution is 2.46. The van der Waals surface area contributed by atoms with Crippen LogP contribution in [0.4, 0.5) is 0 Å². The second-order valence-corrected chi connectivity index (χ2v) is 18.0. The third-order valence-electron chi connectivity index (χ3n) is 8.22. The summed E-state index contributed by atoms with van der Waals surface area (Å²) in [5, 5.41) is 22.0. The van der Waals surface area contributed by atoms with Gasteiger partial charge in [-0.25, -0.2) is 0 Å². The first kappa shape index (κ1) is 38.2. The zero-order chi connectivity index (χ0) is 35.5. The molecule has 1 saturated carbocycles. The molecule has 1 fully saturated rings. The highest BCUT2D eigenvalue weighted by atomic mass is 32.2. The van der Waals surface area contributed by atoms with Crippen molar-refractivity contribution >= 4 is 68.9 Å². The van der Waals surface area contributed by atoms with E-state index in [2.05, 4.69) is 110 Å². The number of nitriles is 2. The normalized spacial score (nSPS) is 11.9. The zero-order valence-corrected chi connectivity index (χ0v) is 34.1. The highest BCUT2D eigenvalue weighted by Gasteiger charge is 2.25. The molecule has 1 aliphatic carbocycles. The Bertz CT molecular complexity index is 2070. The van der Waals surface area contributed by atoms with Crippen molar-refractivity contribution in [2.45, 2.75) is 88.9 Å². The molecule has 0 aliphatic heterocycles. The van der Waals surface area contributed by atoms with Gasteiger partial charge in [0.2, 0.25) is 0 Å². The average Bonchev–Trinajstić information content (AvgIpc) is 3.60. The van der Waals surface area contributed by atoms with Crippen LogP contribution in [-0.2, 0) is 6.42 Å². The summed E-state index contributed by atoms with van der Waals surface area (Å²) in [6, 6.07) is 30.7. The standard InChI is InChI=1S/C21H21NS3.C19H15NS3.C2H6/c1-3-4-5-6-17-8-10-20(24-17)21-12-11-19(25-21)16-7-9-18(23-14-22)15(2)13-16;1-12-10-14(4-5-15(12)21-11-20)17-7-9-19(23-17)18-8-6-16(22-18)13-2-3-13;1-2/h7-13H,3-6H2,1-2H3;4-10,13H,2-3H2,1H3;1-2H3. The van der Waals surface area contributed by atoms with Gasteiger partial charge in [-0.3, -0.25) is 0 Å². The van der Waals surface area contributed by atoms with Crippen molar-refractivity contribution in [2.75, 3.05) is 0 Å². The van der Waals surface area contributed by atoms with E-state index in [1.54, 1.807) is 4.88 Å². The summed E-state index contributed by atoms with van der Waals surface area (Å²) in [4.78, 5) is 13.1. The van der Waals surface area contributed by atoms with E-state index in [1.165, 1.54) is 107 Å². The molecule has 0 saturated heterocycles. The molecule has 0 N–H and O–H groups in total. The van der Waals surface area contributed by atoms with Gasteiger partial charge in [-0.15, -0.1) is 45.3 Å². The summed E-state index contributed by atoms with van der Waals surface area (Å²) >= 11 is 10.0. The third-order valence-corrected chi connectivity index (χ3v) is 14.8. The van der Waals surface area contributed by atoms with E-state index < -0.39 is 0 Å². The second-order valence-electron chi connectivity index (χ2n) is 11.9. The van der Waals surface area contributed by atoms with Gasteiger partial charge in [0.15, 0.2) is 0 Å². The Morgan fingerprint density at radius 2 is 1.08 bits per heavy atom.